The van der Waals surface area contributed by atoms with Crippen LogP contribution in [0.15, 0.2) is 29.4 Å². The fourth-order valence-electron chi connectivity index (χ4n) is 3.40. The van der Waals surface area contributed by atoms with Crippen molar-refractivity contribution >= 4 is 21.8 Å². The Morgan fingerprint density at radius 3 is 2.52 bits per heavy atom. The molecule has 1 aromatic heterocycles. The maximum absolute atomic E-state index is 11.1. The second-order valence-corrected chi connectivity index (χ2v) is 9.56. The second kappa shape index (κ2) is 9.07. The van der Waals surface area contributed by atoms with Crippen LogP contribution < -0.4 is 9.88 Å². The normalized spacial score (nSPS) is 15.8. The first kappa shape index (κ1) is 20.2. The molecule has 9 heteroatoms. The van der Waals surface area contributed by atoms with Gasteiger partial charge in [0.15, 0.2) is 11.0 Å². The van der Waals surface area contributed by atoms with E-state index in [9.17, 15) is 8.42 Å². The number of rotatable bonds is 8. The van der Waals surface area contributed by atoms with Crippen LogP contribution in [0.1, 0.15) is 44.6 Å². The number of nitrogens with two attached hydrogens (primary N) is 1. The number of aromatic nitrogens is 3. The molecule has 2 aromatic rings. The van der Waals surface area contributed by atoms with Crippen LogP contribution >= 0.6 is 11.8 Å². The topological polar surface area (TPSA) is 100 Å². The average Bonchev–Trinajstić information content (AvgIpc) is 3.09. The van der Waals surface area contributed by atoms with E-state index in [1.807, 2.05) is 24.3 Å². The molecule has 0 atom stereocenters. The summed E-state index contributed by atoms with van der Waals surface area (Å²) in [6.45, 7) is 0. The lowest BCUT2D eigenvalue weighted by Crippen LogP contribution is -2.17. The third-order valence-corrected chi connectivity index (χ3v) is 6.64. The molecule has 1 saturated carbocycles. The molecular weight excluding hydrogens is 384 g/mol. The van der Waals surface area contributed by atoms with Crippen molar-refractivity contribution in [3.8, 4) is 17.1 Å². The van der Waals surface area contributed by atoms with E-state index in [1.54, 1.807) is 18.9 Å². The number of primary sulfonamides is 1. The quantitative estimate of drug-likeness (QED) is 0.530. The van der Waals surface area contributed by atoms with Gasteiger partial charge in [-0.1, -0.05) is 31.0 Å². The Morgan fingerprint density at radius 2 is 1.89 bits per heavy atom. The Bertz CT molecular complexity index is 844. The van der Waals surface area contributed by atoms with E-state index in [2.05, 4.69) is 14.8 Å². The first-order chi connectivity index (χ1) is 13.0. The number of ether oxygens (including phenoxy) is 1. The summed E-state index contributed by atoms with van der Waals surface area (Å²) in [5.41, 5.74) is 1.00. The molecule has 0 amide bonds. The van der Waals surface area contributed by atoms with E-state index < -0.39 is 10.0 Å². The van der Waals surface area contributed by atoms with Crippen molar-refractivity contribution in [1.29, 1.82) is 0 Å². The first-order valence-corrected chi connectivity index (χ1v) is 11.9. The molecule has 0 spiro atoms. The molecule has 2 N–H and O–H groups in total. The molecule has 0 unspecified atom stereocenters. The van der Waals surface area contributed by atoms with E-state index in [0.717, 1.165) is 35.1 Å². The first-order valence-electron chi connectivity index (χ1n) is 9.20. The number of benzene rings is 1. The highest BCUT2D eigenvalue weighted by Crippen LogP contribution is 2.36. The van der Waals surface area contributed by atoms with E-state index in [1.165, 1.54) is 19.3 Å². The average molecular weight is 411 g/mol. The SMILES string of the molecule is COc1ccc(-c2nnc(SCCCS(N)(=O)=O)n2C2CCCCC2)cc1. The van der Waals surface area contributed by atoms with Crippen molar-refractivity contribution in [3.05, 3.63) is 24.3 Å². The minimum absolute atomic E-state index is 0.0110. The summed E-state index contributed by atoms with van der Waals surface area (Å²) >= 11 is 1.55. The molecule has 1 aliphatic rings. The zero-order valence-corrected chi connectivity index (χ0v) is 17.1. The van der Waals surface area contributed by atoms with Gasteiger partial charge in [0.2, 0.25) is 10.0 Å². The highest BCUT2D eigenvalue weighted by Gasteiger charge is 2.23. The zero-order chi connectivity index (χ0) is 19.3. The van der Waals surface area contributed by atoms with Crippen molar-refractivity contribution in [1.82, 2.24) is 14.8 Å². The summed E-state index contributed by atoms with van der Waals surface area (Å²) in [6.07, 6.45) is 6.42. The molecule has 1 aromatic carbocycles. The summed E-state index contributed by atoms with van der Waals surface area (Å²) in [7, 11) is -1.77. The lowest BCUT2D eigenvalue weighted by molar-refractivity contribution is 0.339. The van der Waals surface area contributed by atoms with Crippen molar-refractivity contribution in [2.24, 2.45) is 5.14 Å². The van der Waals surface area contributed by atoms with Gasteiger partial charge in [-0.15, -0.1) is 10.2 Å². The van der Waals surface area contributed by atoms with Crippen LogP contribution in [-0.2, 0) is 10.0 Å². The highest BCUT2D eigenvalue weighted by molar-refractivity contribution is 7.99. The van der Waals surface area contributed by atoms with Gasteiger partial charge in [-0.2, -0.15) is 0 Å². The Morgan fingerprint density at radius 1 is 1.19 bits per heavy atom. The third-order valence-electron chi connectivity index (χ3n) is 4.76. The van der Waals surface area contributed by atoms with Crippen molar-refractivity contribution in [2.75, 3.05) is 18.6 Å². The monoisotopic (exact) mass is 410 g/mol. The third kappa shape index (κ3) is 5.46. The van der Waals surface area contributed by atoms with Gasteiger partial charge in [0.1, 0.15) is 5.75 Å². The minimum atomic E-state index is -3.42. The minimum Gasteiger partial charge on any atom is -0.497 e. The summed E-state index contributed by atoms with van der Waals surface area (Å²) < 4.78 is 29.7. The molecular formula is C18H26N4O3S2. The van der Waals surface area contributed by atoms with Gasteiger partial charge in [-0.05, 0) is 43.5 Å². The Kier molecular flexibility index (Phi) is 6.78. The van der Waals surface area contributed by atoms with Crippen LogP contribution in [0.3, 0.4) is 0 Å². The van der Waals surface area contributed by atoms with Crippen molar-refractivity contribution in [3.63, 3.8) is 0 Å². The number of hydrogen-bond acceptors (Lipinski definition) is 6. The lowest BCUT2D eigenvalue weighted by atomic mass is 9.95. The molecule has 1 heterocycles. The van der Waals surface area contributed by atoms with E-state index >= 15 is 0 Å². The molecule has 1 aliphatic carbocycles. The largest absolute Gasteiger partial charge is 0.497 e. The standard InChI is InChI=1S/C18H26N4O3S2/c1-25-16-10-8-14(9-11-16)17-20-21-18(26-12-5-13-27(19,23)24)22(17)15-6-3-2-4-7-15/h8-11,15H,2-7,12-13H2,1H3,(H2,19,23,24). The summed E-state index contributed by atoms with van der Waals surface area (Å²) in [6, 6.07) is 8.23. The smallest absolute Gasteiger partial charge is 0.209 e. The number of methoxy groups -OCH3 is 1. The number of nitrogens with zero attached hydrogens (tertiary/aromatic N) is 3. The fraction of sp³-hybridized carbons (Fsp3) is 0.556. The predicted molar refractivity (Wildman–Crippen MR) is 107 cm³/mol. The van der Waals surface area contributed by atoms with E-state index in [0.29, 0.717) is 18.2 Å². The summed E-state index contributed by atoms with van der Waals surface area (Å²) in [5, 5.41) is 14.8. The van der Waals surface area contributed by atoms with Gasteiger partial charge < -0.3 is 4.74 Å². The second-order valence-electron chi connectivity index (χ2n) is 6.77. The number of sulfonamides is 1. The van der Waals surface area contributed by atoms with Crippen LogP contribution in [0, 0.1) is 0 Å². The van der Waals surface area contributed by atoms with Crippen LogP contribution in [-0.4, -0.2) is 41.8 Å². The summed E-state index contributed by atoms with van der Waals surface area (Å²) in [5.74, 6) is 2.30. The Hall–Kier alpha value is -1.58. The van der Waals surface area contributed by atoms with Crippen LogP contribution in [0.5, 0.6) is 5.75 Å². The van der Waals surface area contributed by atoms with Crippen LogP contribution in [0.4, 0.5) is 0 Å². The zero-order valence-electron chi connectivity index (χ0n) is 15.5. The molecule has 0 aliphatic heterocycles. The molecule has 3 rings (SSSR count). The van der Waals surface area contributed by atoms with Gasteiger partial charge in [-0.3, -0.25) is 4.57 Å². The van der Waals surface area contributed by atoms with Gasteiger partial charge in [0.05, 0.1) is 12.9 Å². The Labute approximate surface area is 164 Å². The van der Waals surface area contributed by atoms with Gasteiger partial charge in [0, 0.05) is 17.4 Å². The van der Waals surface area contributed by atoms with Crippen LogP contribution in [0.2, 0.25) is 0 Å². The maximum atomic E-state index is 11.1. The lowest BCUT2D eigenvalue weighted by Gasteiger charge is -2.25. The number of hydrogen-bond donors (Lipinski definition) is 1. The molecule has 0 saturated heterocycles. The van der Waals surface area contributed by atoms with Crippen molar-refractivity contribution in [2.45, 2.75) is 49.7 Å². The molecule has 27 heavy (non-hydrogen) atoms. The molecule has 7 nitrogen and oxygen atoms in total. The summed E-state index contributed by atoms with van der Waals surface area (Å²) in [4.78, 5) is 0. The van der Waals surface area contributed by atoms with Crippen LogP contribution in [0.25, 0.3) is 11.4 Å². The van der Waals surface area contributed by atoms with Gasteiger partial charge in [-0.25, -0.2) is 13.6 Å². The molecule has 0 radical (unpaired) electrons. The molecule has 1 fully saturated rings. The maximum Gasteiger partial charge on any atom is 0.209 e. The van der Waals surface area contributed by atoms with Crippen molar-refractivity contribution < 1.29 is 13.2 Å². The highest BCUT2D eigenvalue weighted by atomic mass is 32.2. The predicted octanol–water partition coefficient (Wildman–Crippen LogP) is 3.23. The van der Waals surface area contributed by atoms with E-state index in [-0.39, 0.29) is 5.75 Å². The van der Waals surface area contributed by atoms with E-state index in [4.69, 9.17) is 9.88 Å². The van der Waals surface area contributed by atoms with Gasteiger partial charge in [0.25, 0.3) is 0 Å². The Balaban J connectivity index is 1.83. The fourth-order valence-corrected chi connectivity index (χ4v) is 5.08. The molecule has 148 valence electrons. The molecule has 0 bridgehead atoms. The number of thioether (sulfide) groups is 1. The van der Waals surface area contributed by atoms with Gasteiger partial charge >= 0.3 is 0 Å².